The van der Waals surface area contributed by atoms with Gasteiger partial charge in [0.15, 0.2) is 5.41 Å². The molecule has 12 heavy (non-hydrogen) atoms. The summed E-state index contributed by atoms with van der Waals surface area (Å²) >= 11 is 0. The monoisotopic (exact) mass is 219 g/mol. The predicted molar refractivity (Wildman–Crippen MR) is 38.3 cm³/mol. The number of hydrogen-bond donors (Lipinski definition) is 2. The summed E-state index contributed by atoms with van der Waals surface area (Å²) in [7, 11) is 0. The largest absolute Gasteiger partial charge is 0.480 e. The number of aliphatic carboxylic acids is 2. The maximum absolute atomic E-state index is 10.5. The van der Waals surface area contributed by atoms with E-state index in [4.69, 9.17) is 10.2 Å². The van der Waals surface area contributed by atoms with Crippen LogP contribution in [0.1, 0.15) is 26.7 Å². The van der Waals surface area contributed by atoms with Crippen LogP contribution in [0.4, 0.5) is 0 Å². The fourth-order valence-corrected chi connectivity index (χ4v) is 0.946. The Morgan fingerprint density at radius 2 is 1.33 bits per heavy atom. The van der Waals surface area contributed by atoms with Gasteiger partial charge in [0.1, 0.15) is 0 Å². The van der Waals surface area contributed by atoms with E-state index in [9.17, 15) is 9.59 Å². The van der Waals surface area contributed by atoms with Crippen molar-refractivity contribution in [3.8, 4) is 0 Å². The van der Waals surface area contributed by atoms with Crippen molar-refractivity contribution < 1.29 is 36.6 Å². The van der Waals surface area contributed by atoms with E-state index in [2.05, 4.69) is 0 Å². The van der Waals surface area contributed by atoms with Gasteiger partial charge in [0.2, 0.25) is 0 Å². The third-order valence-electron chi connectivity index (χ3n) is 2.03. The van der Waals surface area contributed by atoms with E-state index < -0.39 is 17.4 Å². The molecule has 0 saturated heterocycles. The molecule has 0 aliphatic carbocycles. The van der Waals surface area contributed by atoms with Gasteiger partial charge in [-0.25, -0.2) is 0 Å². The molecule has 0 rings (SSSR count). The molecule has 0 aromatic heterocycles. The summed E-state index contributed by atoms with van der Waals surface area (Å²) in [4.78, 5) is 21.1. The first-order valence-electron chi connectivity index (χ1n) is 3.48. The molecular formula is C7H12CoO4. The molecule has 0 spiro atoms. The third kappa shape index (κ3) is 2.21. The minimum absolute atomic E-state index is 0. The summed E-state index contributed by atoms with van der Waals surface area (Å²) in [5.74, 6) is -2.51. The van der Waals surface area contributed by atoms with E-state index >= 15 is 0 Å². The molecule has 73 valence electrons. The molecule has 5 heteroatoms. The van der Waals surface area contributed by atoms with Crippen molar-refractivity contribution in [3.05, 3.63) is 0 Å². The zero-order valence-corrected chi connectivity index (χ0v) is 8.00. The molecule has 4 nitrogen and oxygen atoms in total. The van der Waals surface area contributed by atoms with Gasteiger partial charge in [-0.15, -0.1) is 0 Å². The maximum Gasteiger partial charge on any atom is 0.321 e. The number of carbonyl (C=O) groups is 2. The molecule has 0 unspecified atom stereocenters. The Morgan fingerprint density at radius 1 is 1.08 bits per heavy atom. The van der Waals surface area contributed by atoms with Crippen LogP contribution in [0.2, 0.25) is 0 Å². The van der Waals surface area contributed by atoms with Gasteiger partial charge in [-0.3, -0.25) is 9.59 Å². The summed E-state index contributed by atoms with van der Waals surface area (Å²) in [6, 6.07) is 0. The molecule has 1 radical (unpaired) electrons. The SMILES string of the molecule is CCC(CC)(C(=O)O)C(=O)O.[Co]. The normalized spacial score (nSPS) is 10.2. The summed E-state index contributed by atoms with van der Waals surface area (Å²) in [5.41, 5.74) is -1.58. The molecule has 0 atom stereocenters. The van der Waals surface area contributed by atoms with Crippen molar-refractivity contribution >= 4 is 11.9 Å². The number of rotatable bonds is 4. The Kier molecular flexibility index (Phi) is 6.01. The third-order valence-corrected chi connectivity index (χ3v) is 2.03. The smallest absolute Gasteiger partial charge is 0.321 e. The fraction of sp³-hybridized carbons (Fsp3) is 0.714. The summed E-state index contributed by atoms with van der Waals surface area (Å²) in [5, 5.41) is 17.2. The van der Waals surface area contributed by atoms with Crippen molar-refractivity contribution in [2.45, 2.75) is 26.7 Å². The van der Waals surface area contributed by atoms with Gasteiger partial charge < -0.3 is 10.2 Å². The van der Waals surface area contributed by atoms with Crippen LogP contribution in [-0.2, 0) is 26.4 Å². The summed E-state index contributed by atoms with van der Waals surface area (Å²) in [6.07, 6.45) is 0.238. The van der Waals surface area contributed by atoms with Gasteiger partial charge in [0.25, 0.3) is 0 Å². The molecule has 0 bridgehead atoms. The van der Waals surface area contributed by atoms with Gasteiger partial charge >= 0.3 is 11.9 Å². The van der Waals surface area contributed by atoms with E-state index in [1.165, 1.54) is 0 Å². The van der Waals surface area contributed by atoms with Crippen molar-refractivity contribution in [1.82, 2.24) is 0 Å². The second-order valence-corrected chi connectivity index (χ2v) is 2.40. The average molecular weight is 219 g/mol. The van der Waals surface area contributed by atoms with Crippen molar-refractivity contribution in [2.75, 3.05) is 0 Å². The van der Waals surface area contributed by atoms with E-state index in [0.29, 0.717) is 0 Å². The van der Waals surface area contributed by atoms with Crippen LogP contribution in [0.5, 0.6) is 0 Å². The molecular weight excluding hydrogens is 207 g/mol. The van der Waals surface area contributed by atoms with Crippen LogP contribution in [0.25, 0.3) is 0 Å². The Bertz CT molecular complexity index is 158. The minimum atomic E-state index is -1.58. The van der Waals surface area contributed by atoms with Crippen molar-refractivity contribution in [1.29, 1.82) is 0 Å². The van der Waals surface area contributed by atoms with Crippen LogP contribution >= 0.6 is 0 Å². The van der Waals surface area contributed by atoms with Crippen LogP contribution in [0.15, 0.2) is 0 Å². The first-order valence-corrected chi connectivity index (χ1v) is 3.48. The molecule has 0 aliphatic rings. The van der Waals surface area contributed by atoms with E-state index in [1.54, 1.807) is 13.8 Å². The van der Waals surface area contributed by atoms with Crippen LogP contribution in [0, 0.1) is 5.41 Å². The minimum Gasteiger partial charge on any atom is -0.480 e. The van der Waals surface area contributed by atoms with E-state index in [1.807, 2.05) is 0 Å². The van der Waals surface area contributed by atoms with E-state index in [-0.39, 0.29) is 29.6 Å². The Labute approximate surface area is 81.2 Å². The van der Waals surface area contributed by atoms with E-state index in [0.717, 1.165) is 0 Å². The van der Waals surface area contributed by atoms with Gasteiger partial charge in [-0.05, 0) is 12.8 Å². The van der Waals surface area contributed by atoms with Crippen molar-refractivity contribution in [3.63, 3.8) is 0 Å². The molecule has 0 heterocycles. The van der Waals surface area contributed by atoms with Crippen LogP contribution in [-0.4, -0.2) is 22.2 Å². The topological polar surface area (TPSA) is 74.6 Å². The molecule has 0 amide bonds. The zero-order chi connectivity index (χ0) is 9.07. The molecule has 0 aromatic rings. The summed E-state index contributed by atoms with van der Waals surface area (Å²) < 4.78 is 0. The van der Waals surface area contributed by atoms with Gasteiger partial charge in [0, 0.05) is 16.8 Å². The molecule has 0 aromatic carbocycles. The summed E-state index contributed by atoms with van der Waals surface area (Å²) in [6.45, 7) is 3.12. The Morgan fingerprint density at radius 3 is 1.33 bits per heavy atom. The van der Waals surface area contributed by atoms with Gasteiger partial charge in [-0.1, -0.05) is 13.8 Å². The first-order chi connectivity index (χ1) is 5.01. The number of carboxylic acid groups (broad SMARTS) is 2. The molecule has 2 N–H and O–H groups in total. The molecule has 0 fully saturated rings. The second kappa shape index (κ2) is 5.16. The zero-order valence-electron chi connectivity index (χ0n) is 6.96. The second-order valence-electron chi connectivity index (χ2n) is 2.40. The van der Waals surface area contributed by atoms with Gasteiger partial charge in [-0.2, -0.15) is 0 Å². The van der Waals surface area contributed by atoms with Gasteiger partial charge in [0.05, 0.1) is 0 Å². The van der Waals surface area contributed by atoms with Crippen LogP contribution < -0.4 is 0 Å². The number of carboxylic acids is 2. The van der Waals surface area contributed by atoms with Crippen molar-refractivity contribution in [2.24, 2.45) is 5.41 Å². The first kappa shape index (κ1) is 14.0. The standard InChI is InChI=1S/C7H12O4.Co/c1-3-7(4-2,5(8)9)6(10)11;/h3-4H2,1-2H3,(H,8,9)(H,10,11);. The predicted octanol–water partition coefficient (Wildman–Crippen LogP) is 0.960. The Hall–Kier alpha value is -0.554. The Balaban J connectivity index is 0. The fourth-order valence-electron chi connectivity index (χ4n) is 0.946. The quantitative estimate of drug-likeness (QED) is 0.690. The maximum atomic E-state index is 10.5. The molecule has 0 aliphatic heterocycles. The molecule has 0 saturated carbocycles. The van der Waals surface area contributed by atoms with Crippen LogP contribution in [0.3, 0.4) is 0 Å². The average Bonchev–Trinajstić information content (AvgIpc) is 1.90. The number of hydrogen-bond acceptors (Lipinski definition) is 2.